The molecule has 1 heterocycles. The Morgan fingerprint density at radius 2 is 2.00 bits per heavy atom. The van der Waals surface area contributed by atoms with E-state index >= 15 is 0 Å². The minimum atomic E-state index is -1.08. The number of carbonyl (C=O) groups excluding carboxylic acids is 1. The third kappa shape index (κ3) is 3.08. The maximum absolute atomic E-state index is 12.4. The van der Waals surface area contributed by atoms with E-state index in [1.807, 2.05) is 0 Å². The van der Waals surface area contributed by atoms with Crippen LogP contribution in [-0.4, -0.2) is 22.0 Å². The maximum Gasteiger partial charge on any atom is 0.337 e. The average molecular weight is 310 g/mol. The maximum atomic E-state index is 12.4. The highest BCUT2D eigenvalue weighted by Gasteiger charge is 2.44. The summed E-state index contributed by atoms with van der Waals surface area (Å²) in [5.74, 6) is -1.13. The molecule has 2 unspecified atom stereocenters. The van der Waals surface area contributed by atoms with Crippen molar-refractivity contribution < 1.29 is 14.7 Å². The molecule has 0 saturated heterocycles. The standard InChI is InChI=1S/C18H18N2O3/c1-10-3-4-12(7-11(10)2)14-8-15(14)17(21)20-16-9-19-6-5-13(16)18(22)23/h3-7,9,14-15H,8H2,1-2H3,(H,20,21)(H,22,23). The van der Waals surface area contributed by atoms with Crippen LogP contribution >= 0.6 is 0 Å². The van der Waals surface area contributed by atoms with E-state index in [1.165, 1.54) is 29.6 Å². The van der Waals surface area contributed by atoms with Crippen LogP contribution in [0.15, 0.2) is 36.7 Å². The van der Waals surface area contributed by atoms with Gasteiger partial charge in [-0.1, -0.05) is 18.2 Å². The first kappa shape index (κ1) is 15.2. The van der Waals surface area contributed by atoms with Crippen LogP contribution in [0.1, 0.15) is 39.4 Å². The lowest BCUT2D eigenvalue weighted by molar-refractivity contribution is -0.117. The molecule has 2 aromatic rings. The highest BCUT2D eigenvalue weighted by molar-refractivity contribution is 6.02. The first-order valence-corrected chi connectivity index (χ1v) is 7.52. The van der Waals surface area contributed by atoms with E-state index < -0.39 is 5.97 Å². The molecule has 1 amide bonds. The molecule has 1 aliphatic carbocycles. The lowest BCUT2D eigenvalue weighted by atomic mass is 10.0. The first-order valence-electron chi connectivity index (χ1n) is 7.52. The predicted molar refractivity (Wildman–Crippen MR) is 86.6 cm³/mol. The van der Waals surface area contributed by atoms with Crippen LogP contribution in [-0.2, 0) is 4.79 Å². The molecule has 1 aromatic carbocycles. The molecule has 2 N–H and O–H groups in total. The minimum absolute atomic E-state index is 0.0525. The lowest BCUT2D eigenvalue weighted by Crippen LogP contribution is -2.17. The number of amides is 1. The van der Waals surface area contributed by atoms with Gasteiger partial charge in [-0.2, -0.15) is 0 Å². The summed E-state index contributed by atoms with van der Waals surface area (Å²) < 4.78 is 0. The van der Waals surface area contributed by atoms with E-state index in [0.717, 1.165) is 12.0 Å². The fraction of sp³-hybridized carbons (Fsp3) is 0.278. The van der Waals surface area contributed by atoms with Gasteiger partial charge in [-0.3, -0.25) is 9.78 Å². The SMILES string of the molecule is Cc1ccc(C2CC2C(=O)Nc2cnccc2C(=O)O)cc1C. The second kappa shape index (κ2) is 5.83. The van der Waals surface area contributed by atoms with Crippen LogP contribution in [0.2, 0.25) is 0 Å². The monoisotopic (exact) mass is 310 g/mol. The predicted octanol–water partition coefficient (Wildman–Crippen LogP) is 3.14. The van der Waals surface area contributed by atoms with Gasteiger partial charge < -0.3 is 10.4 Å². The lowest BCUT2D eigenvalue weighted by Gasteiger charge is -2.08. The van der Waals surface area contributed by atoms with Crippen molar-refractivity contribution in [3.8, 4) is 0 Å². The first-order chi connectivity index (χ1) is 11.0. The number of nitrogens with one attached hydrogen (secondary N) is 1. The number of carboxylic acids is 1. The fourth-order valence-electron chi connectivity index (χ4n) is 2.75. The van der Waals surface area contributed by atoms with Gasteiger partial charge in [-0.25, -0.2) is 4.79 Å². The van der Waals surface area contributed by atoms with Crippen LogP contribution in [0.25, 0.3) is 0 Å². The molecule has 1 saturated carbocycles. The van der Waals surface area contributed by atoms with Gasteiger partial charge in [0.05, 0.1) is 17.4 Å². The Balaban J connectivity index is 1.71. The second-order valence-corrected chi connectivity index (χ2v) is 6.01. The van der Waals surface area contributed by atoms with Crippen molar-refractivity contribution >= 4 is 17.6 Å². The number of hydrogen-bond donors (Lipinski definition) is 2. The van der Waals surface area contributed by atoms with Crippen LogP contribution in [0.5, 0.6) is 0 Å². The molecule has 0 bridgehead atoms. The van der Waals surface area contributed by atoms with Crippen LogP contribution < -0.4 is 5.32 Å². The Morgan fingerprint density at radius 3 is 2.70 bits per heavy atom. The number of pyridine rings is 1. The Labute approximate surface area is 134 Å². The van der Waals surface area contributed by atoms with E-state index in [9.17, 15) is 9.59 Å². The number of aromatic nitrogens is 1. The molecular formula is C18H18N2O3. The summed E-state index contributed by atoms with van der Waals surface area (Å²) >= 11 is 0. The quantitative estimate of drug-likeness (QED) is 0.909. The number of aromatic carboxylic acids is 1. The van der Waals surface area contributed by atoms with E-state index in [0.29, 0.717) is 0 Å². The number of benzene rings is 1. The Kier molecular flexibility index (Phi) is 3.86. The minimum Gasteiger partial charge on any atom is -0.478 e. The molecule has 5 heteroatoms. The molecule has 118 valence electrons. The van der Waals surface area contributed by atoms with Gasteiger partial charge in [0, 0.05) is 12.1 Å². The van der Waals surface area contributed by atoms with Gasteiger partial charge in [-0.05, 0) is 48.9 Å². The van der Waals surface area contributed by atoms with Gasteiger partial charge in [0.2, 0.25) is 5.91 Å². The third-order valence-corrected chi connectivity index (χ3v) is 4.40. The van der Waals surface area contributed by atoms with E-state index in [1.54, 1.807) is 0 Å². The van der Waals surface area contributed by atoms with Crippen molar-refractivity contribution in [1.82, 2.24) is 4.98 Å². The zero-order valence-electron chi connectivity index (χ0n) is 13.0. The Bertz CT molecular complexity index is 786. The number of rotatable bonds is 4. The summed E-state index contributed by atoms with van der Waals surface area (Å²) in [5.41, 5.74) is 3.91. The molecule has 1 aromatic heterocycles. The molecule has 3 rings (SSSR count). The van der Waals surface area contributed by atoms with E-state index in [2.05, 4.69) is 42.3 Å². The number of aryl methyl sites for hydroxylation is 2. The topological polar surface area (TPSA) is 79.3 Å². The summed E-state index contributed by atoms with van der Waals surface area (Å²) in [7, 11) is 0. The van der Waals surface area contributed by atoms with Crippen molar-refractivity contribution in [1.29, 1.82) is 0 Å². The number of carbonyl (C=O) groups is 2. The third-order valence-electron chi connectivity index (χ3n) is 4.40. The van der Waals surface area contributed by atoms with Crippen molar-refractivity contribution in [2.45, 2.75) is 26.2 Å². The van der Waals surface area contributed by atoms with Crippen molar-refractivity contribution in [3.63, 3.8) is 0 Å². The molecule has 1 fully saturated rings. The zero-order chi connectivity index (χ0) is 16.6. The summed E-state index contributed by atoms with van der Waals surface area (Å²) in [5, 5.41) is 11.8. The summed E-state index contributed by atoms with van der Waals surface area (Å²) in [6.45, 7) is 4.12. The number of anilines is 1. The van der Waals surface area contributed by atoms with E-state index in [4.69, 9.17) is 5.11 Å². The molecule has 5 nitrogen and oxygen atoms in total. The molecule has 1 aliphatic rings. The number of hydrogen-bond acceptors (Lipinski definition) is 3. The van der Waals surface area contributed by atoms with Gasteiger partial charge in [0.25, 0.3) is 0 Å². The molecule has 2 atom stereocenters. The van der Waals surface area contributed by atoms with Crippen LogP contribution in [0.3, 0.4) is 0 Å². The van der Waals surface area contributed by atoms with E-state index in [-0.39, 0.29) is 29.0 Å². The van der Waals surface area contributed by atoms with Crippen molar-refractivity contribution in [2.75, 3.05) is 5.32 Å². The van der Waals surface area contributed by atoms with Gasteiger partial charge in [-0.15, -0.1) is 0 Å². The largest absolute Gasteiger partial charge is 0.478 e. The highest BCUT2D eigenvalue weighted by atomic mass is 16.4. The fourth-order valence-corrected chi connectivity index (χ4v) is 2.75. The Morgan fingerprint density at radius 1 is 1.22 bits per heavy atom. The van der Waals surface area contributed by atoms with Crippen molar-refractivity contribution in [2.24, 2.45) is 5.92 Å². The van der Waals surface area contributed by atoms with Crippen molar-refractivity contribution in [3.05, 3.63) is 58.9 Å². The number of nitrogens with zero attached hydrogens (tertiary/aromatic N) is 1. The molecular weight excluding hydrogens is 292 g/mol. The van der Waals surface area contributed by atoms with Gasteiger partial charge >= 0.3 is 5.97 Å². The zero-order valence-corrected chi connectivity index (χ0v) is 13.0. The summed E-state index contributed by atoms with van der Waals surface area (Å²) in [6, 6.07) is 7.64. The second-order valence-electron chi connectivity index (χ2n) is 6.01. The number of carboxylic acid groups (broad SMARTS) is 1. The van der Waals surface area contributed by atoms with Crippen LogP contribution in [0, 0.1) is 19.8 Å². The van der Waals surface area contributed by atoms with Gasteiger partial charge in [0.1, 0.15) is 0 Å². The molecule has 23 heavy (non-hydrogen) atoms. The van der Waals surface area contributed by atoms with Gasteiger partial charge in [0.15, 0.2) is 0 Å². The molecule has 0 radical (unpaired) electrons. The normalized spacial score (nSPS) is 19.2. The average Bonchev–Trinajstić information content (AvgIpc) is 3.31. The smallest absolute Gasteiger partial charge is 0.337 e. The highest BCUT2D eigenvalue weighted by Crippen LogP contribution is 2.48. The summed E-state index contributed by atoms with van der Waals surface area (Å²) in [6.07, 6.45) is 3.56. The molecule has 0 aliphatic heterocycles. The van der Waals surface area contributed by atoms with Crippen LogP contribution in [0.4, 0.5) is 5.69 Å². The molecule has 0 spiro atoms. The Hall–Kier alpha value is -2.69. The summed E-state index contributed by atoms with van der Waals surface area (Å²) in [4.78, 5) is 27.4.